The molecular formula is C11H11Cl2NO2S. The Morgan fingerprint density at radius 2 is 2.24 bits per heavy atom. The molecule has 92 valence electrons. The van der Waals surface area contributed by atoms with Gasteiger partial charge in [0, 0.05) is 27.8 Å². The van der Waals surface area contributed by atoms with Gasteiger partial charge in [0.1, 0.15) is 0 Å². The largest absolute Gasteiger partial charge is 0.274 e. The van der Waals surface area contributed by atoms with Gasteiger partial charge in [-0.2, -0.15) is 11.8 Å². The number of halogens is 2. The van der Waals surface area contributed by atoms with Gasteiger partial charge in [-0.1, -0.05) is 17.7 Å². The summed E-state index contributed by atoms with van der Waals surface area (Å²) in [6.07, 6.45) is 0.647. The van der Waals surface area contributed by atoms with Crippen molar-refractivity contribution in [3.63, 3.8) is 0 Å². The zero-order valence-corrected chi connectivity index (χ0v) is 11.3. The Balaban J connectivity index is 2.22. The topological polar surface area (TPSA) is 43.1 Å². The number of benzene rings is 1. The van der Waals surface area contributed by atoms with Gasteiger partial charge in [-0.25, -0.2) is 0 Å². The van der Waals surface area contributed by atoms with Gasteiger partial charge in [-0.05, 0) is 24.2 Å². The highest BCUT2D eigenvalue weighted by atomic mass is 35.5. The number of nitro benzene ring substituents is 1. The van der Waals surface area contributed by atoms with Crippen molar-refractivity contribution in [3.05, 3.63) is 38.9 Å². The summed E-state index contributed by atoms with van der Waals surface area (Å²) in [7, 11) is 0. The first kappa shape index (κ1) is 13.0. The Kier molecular flexibility index (Phi) is 4.17. The van der Waals surface area contributed by atoms with Crippen molar-refractivity contribution < 1.29 is 4.92 Å². The summed E-state index contributed by atoms with van der Waals surface area (Å²) in [4.78, 5) is 10.6. The highest BCUT2D eigenvalue weighted by Gasteiger charge is 2.28. The SMILES string of the molecule is O=[N+]([O-])c1cc(Cl)ccc1CC1CSCC1Cl. The Morgan fingerprint density at radius 3 is 2.82 bits per heavy atom. The predicted octanol–water partition coefficient (Wildman–Crippen LogP) is 3.76. The molecule has 1 aromatic carbocycles. The molecule has 0 radical (unpaired) electrons. The molecular weight excluding hydrogens is 281 g/mol. The van der Waals surface area contributed by atoms with Crippen molar-refractivity contribution in [2.75, 3.05) is 11.5 Å². The minimum Gasteiger partial charge on any atom is -0.258 e. The minimum absolute atomic E-state index is 0.0956. The van der Waals surface area contributed by atoms with Crippen molar-refractivity contribution in [2.45, 2.75) is 11.8 Å². The zero-order chi connectivity index (χ0) is 12.4. The van der Waals surface area contributed by atoms with E-state index in [4.69, 9.17) is 23.2 Å². The molecule has 0 bridgehead atoms. The number of hydrogen-bond acceptors (Lipinski definition) is 3. The molecule has 0 spiro atoms. The highest BCUT2D eigenvalue weighted by molar-refractivity contribution is 7.99. The lowest BCUT2D eigenvalue weighted by molar-refractivity contribution is -0.385. The molecule has 17 heavy (non-hydrogen) atoms. The smallest absolute Gasteiger partial charge is 0.258 e. The summed E-state index contributed by atoms with van der Waals surface area (Å²) in [5.74, 6) is 2.20. The maximum Gasteiger partial charge on any atom is 0.274 e. The van der Waals surface area contributed by atoms with Crippen LogP contribution in [0.5, 0.6) is 0 Å². The van der Waals surface area contributed by atoms with Crippen LogP contribution in [0, 0.1) is 16.0 Å². The zero-order valence-electron chi connectivity index (χ0n) is 8.94. The Bertz CT molecular complexity index is 441. The second-order valence-electron chi connectivity index (χ2n) is 4.05. The van der Waals surface area contributed by atoms with Crippen LogP contribution in [0.2, 0.25) is 5.02 Å². The molecule has 2 unspecified atom stereocenters. The minimum atomic E-state index is -0.382. The molecule has 1 heterocycles. The van der Waals surface area contributed by atoms with Crippen molar-refractivity contribution >= 4 is 40.7 Å². The van der Waals surface area contributed by atoms with Gasteiger partial charge in [-0.15, -0.1) is 11.6 Å². The molecule has 2 atom stereocenters. The van der Waals surface area contributed by atoms with Crippen LogP contribution in [0.15, 0.2) is 18.2 Å². The summed E-state index contributed by atoms with van der Waals surface area (Å²) >= 11 is 13.7. The molecule has 1 saturated heterocycles. The Morgan fingerprint density at radius 1 is 1.47 bits per heavy atom. The average molecular weight is 292 g/mol. The van der Waals surface area contributed by atoms with Crippen molar-refractivity contribution in [2.24, 2.45) is 5.92 Å². The molecule has 1 aliphatic heterocycles. The van der Waals surface area contributed by atoms with E-state index in [2.05, 4.69) is 0 Å². The number of hydrogen-bond donors (Lipinski definition) is 0. The van der Waals surface area contributed by atoms with Crippen molar-refractivity contribution in [1.29, 1.82) is 0 Å². The van der Waals surface area contributed by atoms with Crippen LogP contribution in [-0.2, 0) is 6.42 Å². The van der Waals surface area contributed by atoms with Crippen LogP contribution < -0.4 is 0 Å². The van der Waals surface area contributed by atoms with E-state index in [-0.39, 0.29) is 16.0 Å². The second-order valence-corrected chi connectivity index (χ2v) is 6.12. The third kappa shape index (κ3) is 3.06. The third-order valence-corrected chi connectivity index (χ3v) is 5.03. The van der Waals surface area contributed by atoms with Crippen LogP contribution in [0.4, 0.5) is 5.69 Å². The molecule has 0 amide bonds. The lowest BCUT2D eigenvalue weighted by Gasteiger charge is -2.12. The normalized spacial score (nSPS) is 23.9. The molecule has 1 aliphatic rings. The van der Waals surface area contributed by atoms with Gasteiger partial charge < -0.3 is 0 Å². The second kappa shape index (κ2) is 5.46. The molecule has 0 N–H and O–H groups in total. The van der Waals surface area contributed by atoms with E-state index in [1.54, 1.807) is 23.9 Å². The summed E-state index contributed by atoms with van der Waals surface area (Å²) in [6, 6.07) is 4.82. The van der Waals surface area contributed by atoms with Crippen molar-refractivity contribution in [1.82, 2.24) is 0 Å². The third-order valence-electron chi connectivity index (χ3n) is 2.85. The number of nitro groups is 1. The first-order valence-electron chi connectivity index (χ1n) is 5.22. The maximum atomic E-state index is 10.9. The number of rotatable bonds is 3. The number of thioether (sulfide) groups is 1. The summed E-state index contributed by atoms with van der Waals surface area (Å²) < 4.78 is 0. The Labute approximate surface area is 114 Å². The van der Waals surface area contributed by atoms with E-state index in [1.165, 1.54) is 6.07 Å². The molecule has 0 saturated carbocycles. The molecule has 1 aromatic rings. The molecule has 1 fully saturated rings. The number of alkyl halides is 1. The van der Waals surface area contributed by atoms with Gasteiger partial charge >= 0.3 is 0 Å². The van der Waals surface area contributed by atoms with Crippen LogP contribution in [-0.4, -0.2) is 21.8 Å². The van der Waals surface area contributed by atoms with Crippen molar-refractivity contribution in [3.8, 4) is 0 Å². The summed E-state index contributed by atoms with van der Waals surface area (Å²) in [5.41, 5.74) is 0.816. The number of nitrogens with zero attached hydrogens (tertiary/aromatic N) is 1. The fourth-order valence-corrected chi connectivity index (χ4v) is 3.93. The van der Waals surface area contributed by atoms with Gasteiger partial charge in [0.05, 0.1) is 4.92 Å². The van der Waals surface area contributed by atoms with Crippen LogP contribution in [0.1, 0.15) is 5.56 Å². The van der Waals surface area contributed by atoms with E-state index in [9.17, 15) is 10.1 Å². The molecule has 0 aliphatic carbocycles. The van der Waals surface area contributed by atoms with Crippen LogP contribution in [0.25, 0.3) is 0 Å². The lowest BCUT2D eigenvalue weighted by atomic mass is 9.97. The van der Waals surface area contributed by atoms with E-state index in [1.807, 2.05) is 0 Å². The monoisotopic (exact) mass is 291 g/mol. The van der Waals surface area contributed by atoms with E-state index in [0.717, 1.165) is 17.1 Å². The average Bonchev–Trinajstić information content (AvgIpc) is 2.67. The summed E-state index contributed by atoms with van der Waals surface area (Å²) in [6.45, 7) is 0. The summed E-state index contributed by atoms with van der Waals surface area (Å²) in [5, 5.41) is 11.4. The highest BCUT2D eigenvalue weighted by Crippen LogP contribution is 2.34. The van der Waals surface area contributed by atoms with E-state index >= 15 is 0 Å². The Hall–Kier alpha value is -0.450. The van der Waals surface area contributed by atoms with Gasteiger partial charge in [0.15, 0.2) is 0 Å². The maximum absolute atomic E-state index is 10.9. The van der Waals surface area contributed by atoms with E-state index < -0.39 is 0 Å². The molecule has 3 nitrogen and oxygen atoms in total. The molecule has 2 rings (SSSR count). The molecule has 0 aromatic heterocycles. The van der Waals surface area contributed by atoms with Gasteiger partial charge in [0.2, 0.25) is 0 Å². The quantitative estimate of drug-likeness (QED) is 0.484. The van der Waals surface area contributed by atoms with E-state index in [0.29, 0.717) is 17.4 Å². The van der Waals surface area contributed by atoms with Crippen LogP contribution >= 0.6 is 35.0 Å². The lowest BCUT2D eigenvalue weighted by Crippen LogP contribution is -2.15. The van der Waals surface area contributed by atoms with Gasteiger partial charge in [0.25, 0.3) is 5.69 Å². The van der Waals surface area contributed by atoms with Crippen LogP contribution in [0.3, 0.4) is 0 Å². The first-order valence-corrected chi connectivity index (χ1v) is 7.19. The fourth-order valence-electron chi connectivity index (χ4n) is 1.92. The first-order chi connectivity index (χ1) is 8.08. The van der Waals surface area contributed by atoms with Gasteiger partial charge in [-0.3, -0.25) is 10.1 Å². The molecule has 6 heteroatoms. The standard InChI is InChI=1S/C11H11Cl2NO2S/c12-9-2-1-7(11(4-9)14(15)16)3-8-5-17-6-10(8)13/h1-2,4,8,10H,3,5-6H2. The predicted molar refractivity (Wildman–Crippen MR) is 72.3 cm³/mol. The fraction of sp³-hybridized carbons (Fsp3) is 0.455.